The molecule has 6 heteroatoms. The quantitative estimate of drug-likeness (QED) is 0.690. The lowest BCUT2D eigenvalue weighted by Crippen LogP contribution is -2.25. The van der Waals surface area contributed by atoms with Crippen molar-refractivity contribution in [2.45, 2.75) is 26.2 Å². The average Bonchev–Trinajstić information content (AvgIpc) is 3.03. The largest absolute Gasteiger partial charge is 0.351 e. The minimum absolute atomic E-state index is 0.105. The van der Waals surface area contributed by atoms with Crippen molar-refractivity contribution in [2.75, 3.05) is 6.54 Å². The zero-order valence-corrected chi connectivity index (χ0v) is 15.4. The van der Waals surface area contributed by atoms with Gasteiger partial charge in [0.15, 0.2) is 0 Å². The van der Waals surface area contributed by atoms with E-state index in [1.165, 1.54) is 23.5 Å². The molecule has 0 bridgehead atoms. The van der Waals surface area contributed by atoms with E-state index in [0.29, 0.717) is 17.8 Å². The van der Waals surface area contributed by atoms with E-state index in [2.05, 4.69) is 15.3 Å². The zero-order chi connectivity index (χ0) is 18.4. The fourth-order valence-electron chi connectivity index (χ4n) is 2.60. The molecular formula is C20H20FN3OS. The highest BCUT2D eigenvalue weighted by Gasteiger charge is 2.15. The Bertz CT molecular complexity index is 863. The lowest BCUT2D eigenvalue weighted by Gasteiger charge is -2.04. The molecule has 2 heterocycles. The molecule has 0 atom stereocenters. The number of pyridine rings is 1. The van der Waals surface area contributed by atoms with Gasteiger partial charge in [-0.05, 0) is 49.6 Å². The minimum atomic E-state index is -0.253. The van der Waals surface area contributed by atoms with Crippen LogP contribution in [0.25, 0.3) is 0 Å². The summed E-state index contributed by atoms with van der Waals surface area (Å²) in [5.41, 5.74) is 2.76. The molecule has 0 saturated carbocycles. The maximum Gasteiger partial charge on any atom is 0.263 e. The van der Waals surface area contributed by atoms with Crippen molar-refractivity contribution < 1.29 is 9.18 Å². The van der Waals surface area contributed by atoms with Crippen LogP contribution in [0.3, 0.4) is 0 Å². The minimum Gasteiger partial charge on any atom is -0.351 e. The predicted molar refractivity (Wildman–Crippen MR) is 101 cm³/mol. The number of nitrogens with zero attached hydrogens (tertiary/aromatic N) is 2. The Kier molecular flexibility index (Phi) is 6.07. The van der Waals surface area contributed by atoms with Crippen LogP contribution in [0.15, 0.2) is 48.7 Å². The SMILES string of the molecule is Cc1nc(CCc2ccccn2)sc1C(=O)NCCc1ccc(F)cc1. The number of carbonyl (C=O) groups is 1. The maximum absolute atomic E-state index is 12.9. The van der Waals surface area contributed by atoms with Crippen molar-refractivity contribution >= 4 is 17.2 Å². The van der Waals surface area contributed by atoms with Crippen LogP contribution in [-0.4, -0.2) is 22.4 Å². The second kappa shape index (κ2) is 8.67. The number of nitrogens with one attached hydrogen (secondary N) is 1. The molecule has 3 rings (SSSR count). The first-order valence-corrected chi connectivity index (χ1v) is 9.32. The van der Waals surface area contributed by atoms with Gasteiger partial charge in [0, 0.05) is 24.9 Å². The van der Waals surface area contributed by atoms with Crippen LogP contribution in [0.1, 0.15) is 31.6 Å². The Hall–Kier alpha value is -2.60. The molecule has 0 aliphatic heterocycles. The Morgan fingerprint density at radius 2 is 1.92 bits per heavy atom. The number of aromatic nitrogens is 2. The highest BCUT2D eigenvalue weighted by Crippen LogP contribution is 2.19. The first-order chi connectivity index (χ1) is 12.6. The van der Waals surface area contributed by atoms with Gasteiger partial charge < -0.3 is 5.32 Å². The van der Waals surface area contributed by atoms with E-state index in [4.69, 9.17) is 0 Å². The molecule has 0 aliphatic rings. The van der Waals surface area contributed by atoms with Crippen molar-refractivity contribution in [3.8, 4) is 0 Å². The molecular weight excluding hydrogens is 349 g/mol. The summed E-state index contributed by atoms with van der Waals surface area (Å²) in [5.74, 6) is -0.359. The molecule has 1 N–H and O–H groups in total. The topological polar surface area (TPSA) is 54.9 Å². The molecule has 1 aromatic carbocycles. The number of rotatable bonds is 7. The van der Waals surface area contributed by atoms with Crippen LogP contribution in [0, 0.1) is 12.7 Å². The molecule has 134 valence electrons. The van der Waals surface area contributed by atoms with Gasteiger partial charge in [0.05, 0.1) is 10.7 Å². The number of amides is 1. The monoisotopic (exact) mass is 369 g/mol. The molecule has 0 spiro atoms. The van der Waals surface area contributed by atoms with Gasteiger partial charge in [-0.1, -0.05) is 18.2 Å². The van der Waals surface area contributed by atoms with Crippen LogP contribution in [0.4, 0.5) is 4.39 Å². The third-order valence-corrected chi connectivity index (χ3v) is 5.20. The van der Waals surface area contributed by atoms with E-state index in [9.17, 15) is 9.18 Å². The third-order valence-electron chi connectivity index (χ3n) is 3.98. The summed E-state index contributed by atoms with van der Waals surface area (Å²) in [4.78, 5) is 21.9. The van der Waals surface area contributed by atoms with Crippen LogP contribution >= 0.6 is 11.3 Å². The van der Waals surface area contributed by atoms with Gasteiger partial charge in [-0.3, -0.25) is 9.78 Å². The van der Waals surface area contributed by atoms with Gasteiger partial charge in [0.2, 0.25) is 0 Å². The van der Waals surface area contributed by atoms with E-state index >= 15 is 0 Å². The van der Waals surface area contributed by atoms with Crippen LogP contribution in [0.5, 0.6) is 0 Å². The molecule has 0 aliphatic carbocycles. The molecule has 3 aromatic rings. The lowest BCUT2D eigenvalue weighted by molar-refractivity contribution is 0.0957. The summed E-state index contributed by atoms with van der Waals surface area (Å²) < 4.78 is 12.9. The van der Waals surface area contributed by atoms with Crippen molar-refractivity contribution in [1.29, 1.82) is 0 Å². The fourth-order valence-corrected chi connectivity index (χ4v) is 3.58. The fraction of sp³-hybridized carbons (Fsp3) is 0.250. The highest BCUT2D eigenvalue weighted by molar-refractivity contribution is 7.13. The van der Waals surface area contributed by atoms with Gasteiger partial charge in [-0.25, -0.2) is 9.37 Å². The summed E-state index contributed by atoms with van der Waals surface area (Å²) in [7, 11) is 0. The van der Waals surface area contributed by atoms with Gasteiger partial charge in [0.25, 0.3) is 5.91 Å². The molecule has 2 aromatic heterocycles. The summed E-state index contributed by atoms with van der Waals surface area (Å²) in [6, 6.07) is 12.2. The molecule has 26 heavy (non-hydrogen) atoms. The predicted octanol–water partition coefficient (Wildman–Crippen LogP) is 3.74. The summed E-state index contributed by atoms with van der Waals surface area (Å²) in [5, 5.41) is 3.86. The number of thiazole rings is 1. The van der Waals surface area contributed by atoms with E-state index in [-0.39, 0.29) is 11.7 Å². The van der Waals surface area contributed by atoms with Crippen molar-refractivity contribution in [3.63, 3.8) is 0 Å². The highest BCUT2D eigenvalue weighted by atomic mass is 32.1. The lowest BCUT2D eigenvalue weighted by atomic mass is 10.1. The van der Waals surface area contributed by atoms with Crippen LogP contribution in [0.2, 0.25) is 0 Å². The Balaban J connectivity index is 1.52. The number of hydrogen-bond donors (Lipinski definition) is 1. The van der Waals surface area contributed by atoms with Crippen molar-refractivity contribution in [2.24, 2.45) is 0 Å². The van der Waals surface area contributed by atoms with Gasteiger partial charge in [-0.15, -0.1) is 11.3 Å². The Morgan fingerprint density at radius 1 is 1.12 bits per heavy atom. The average molecular weight is 369 g/mol. The van der Waals surface area contributed by atoms with E-state index in [1.807, 2.05) is 25.1 Å². The molecule has 1 amide bonds. The number of halogens is 1. The van der Waals surface area contributed by atoms with E-state index in [1.54, 1.807) is 18.3 Å². The second-order valence-electron chi connectivity index (χ2n) is 5.98. The van der Waals surface area contributed by atoms with Gasteiger partial charge in [0.1, 0.15) is 10.7 Å². The number of carbonyl (C=O) groups excluding carboxylic acids is 1. The number of aryl methyl sites for hydroxylation is 3. The van der Waals surface area contributed by atoms with Crippen LogP contribution < -0.4 is 5.32 Å². The van der Waals surface area contributed by atoms with Crippen LogP contribution in [-0.2, 0) is 19.3 Å². The number of hydrogen-bond acceptors (Lipinski definition) is 4. The second-order valence-corrected chi connectivity index (χ2v) is 7.06. The molecule has 0 saturated heterocycles. The first-order valence-electron chi connectivity index (χ1n) is 8.50. The summed E-state index contributed by atoms with van der Waals surface area (Å²) in [6.07, 6.45) is 4.02. The summed E-state index contributed by atoms with van der Waals surface area (Å²) >= 11 is 1.43. The maximum atomic E-state index is 12.9. The van der Waals surface area contributed by atoms with Crippen molar-refractivity contribution in [1.82, 2.24) is 15.3 Å². The smallest absolute Gasteiger partial charge is 0.263 e. The van der Waals surface area contributed by atoms with Crippen molar-refractivity contribution in [3.05, 3.63) is 81.3 Å². The van der Waals surface area contributed by atoms with E-state index < -0.39 is 0 Å². The molecule has 0 fully saturated rings. The molecule has 0 radical (unpaired) electrons. The molecule has 4 nitrogen and oxygen atoms in total. The Labute approximate surface area is 156 Å². The third kappa shape index (κ3) is 4.95. The van der Waals surface area contributed by atoms with Gasteiger partial charge in [-0.2, -0.15) is 0 Å². The zero-order valence-electron chi connectivity index (χ0n) is 14.5. The first kappa shape index (κ1) is 18.2. The number of benzene rings is 1. The van der Waals surface area contributed by atoms with E-state index in [0.717, 1.165) is 34.8 Å². The Morgan fingerprint density at radius 3 is 2.65 bits per heavy atom. The standard InChI is InChI=1S/C20H20FN3OS/c1-14-19(20(25)23-13-11-15-5-7-16(21)8-6-15)26-18(24-14)10-9-17-4-2-3-12-22-17/h2-8,12H,9-11,13H2,1H3,(H,23,25). The summed E-state index contributed by atoms with van der Waals surface area (Å²) in [6.45, 7) is 2.36. The van der Waals surface area contributed by atoms with Gasteiger partial charge >= 0.3 is 0 Å². The molecule has 0 unspecified atom stereocenters. The normalized spacial score (nSPS) is 10.7.